The predicted molar refractivity (Wildman–Crippen MR) is 173 cm³/mol. The molecule has 0 aromatic carbocycles. The Hall–Kier alpha value is -1.12. The molecule has 4 aliphatic rings. The average molecular weight is 553 g/mol. The maximum Gasteiger partial charge on any atom is 0.0695 e. The third-order valence-electron chi connectivity index (χ3n) is 14.1. The normalized spacial score (nSPS) is 42.0. The minimum Gasteiger partial charge on any atom is -0.380 e. The third kappa shape index (κ3) is 4.00. The maximum absolute atomic E-state index is 6.02. The molecular formula is C38H64O2. The van der Waals surface area contributed by atoms with Crippen LogP contribution in [0.15, 0.2) is 47.6 Å². The van der Waals surface area contributed by atoms with Gasteiger partial charge in [0.15, 0.2) is 0 Å². The number of ether oxygens (including phenoxy) is 2. The Balaban J connectivity index is 0.000000220. The van der Waals surface area contributed by atoms with E-state index in [9.17, 15) is 0 Å². The Kier molecular flexibility index (Phi) is 8.56. The molecule has 4 aliphatic carbocycles. The van der Waals surface area contributed by atoms with Crippen LogP contribution in [-0.2, 0) is 9.47 Å². The van der Waals surface area contributed by atoms with Crippen molar-refractivity contribution in [2.24, 2.45) is 56.2 Å². The van der Waals surface area contributed by atoms with Gasteiger partial charge in [-0.15, -0.1) is 0 Å². The van der Waals surface area contributed by atoms with E-state index in [1.165, 1.54) is 22.3 Å². The van der Waals surface area contributed by atoms with Crippen LogP contribution in [0.1, 0.15) is 110 Å². The summed E-state index contributed by atoms with van der Waals surface area (Å²) in [7, 11) is 3.76. The van der Waals surface area contributed by atoms with Crippen LogP contribution in [0.25, 0.3) is 0 Å². The number of allylic oxidation sites excluding steroid dienone is 4. The van der Waals surface area contributed by atoms with Gasteiger partial charge in [-0.1, -0.05) is 117 Å². The number of rotatable bonds is 4. The summed E-state index contributed by atoms with van der Waals surface area (Å²) >= 11 is 0. The number of methoxy groups -OCH3 is 2. The van der Waals surface area contributed by atoms with Crippen molar-refractivity contribution < 1.29 is 9.47 Å². The molecule has 0 N–H and O–H groups in total. The molecule has 0 aromatic heterocycles. The van der Waals surface area contributed by atoms with Crippen LogP contribution in [-0.4, -0.2) is 26.4 Å². The molecule has 0 heterocycles. The van der Waals surface area contributed by atoms with Gasteiger partial charge >= 0.3 is 0 Å². The monoisotopic (exact) mass is 552 g/mol. The molecule has 0 aliphatic heterocycles. The lowest BCUT2D eigenvalue weighted by Crippen LogP contribution is -2.65. The first-order valence-corrected chi connectivity index (χ1v) is 15.8. The van der Waals surface area contributed by atoms with Gasteiger partial charge in [0.25, 0.3) is 0 Å². The van der Waals surface area contributed by atoms with E-state index in [0.717, 1.165) is 12.8 Å². The van der Waals surface area contributed by atoms with Crippen LogP contribution in [0.4, 0.5) is 0 Å². The largest absolute Gasteiger partial charge is 0.380 e. The standard InChI is InChI=1S/2C19H32O/c2*1-12(2)19-11-10-13(3)15(18(19,7)8)16(20-9)17(5,6)14(19)4/h2*10,14-16H,1,11H2,2-9H3/t2*14?,15-,16?,19?/m11/s1. The molecule has 0 saturated heterocycles. The van der Waals surface area contributed by atoms with E-state index in [2.05, 4.69) is 122 Å². The van der Waals surface area contributed by atoms with Crippen molar-refractivity contribution in [3.8, 4) is 0 Å². The summed E-state index contributed by atoms with van der Waals surface area (Å²) in [6.07, 6.45) is 7.69. The van der Waals surface area contributed by atoms with Crippen molar-refractivity contribution in [1.82, 2.24) is 0 Å². The fraction of sp³-hybridized carbons (Fsp3) is 0.789. The molecule has 0 amide bonds. The second-order valence-electron chi connectivity index (χ2n) is 16.6. The summed E-state index contributed by atoms with van der Waals surface area (Å²) in [6, 6.07) is 0. The Morgan fingerprint density at radius 2 is 0.925 bits per heavy atom. The molecule has 0 aromatic rings. The topological polar surface area (TPSA) is 18.5 Å². The zero-order valence-electron chi connectivity index (χ0n) is 29.3. The highest BCUT2D eigenvalue weighted by Crippen LogP contribution is 2.71. The highest BCUT2D eigenvalue weighted by Gasteiger charge is 2.67. The molecule has 8 atom stereocenters. The molecule has 6 unspecified atom stereocenters. The van der Waals surface area contributed by atoms with E-state index in [-0.39, 0.29) is 44.7 Å². The van der Waals surface area contributed by atoms with Crippen LogP contribution in [0.2, 0.25) is 0 Å². The molecule has 0 radical (unpaired) electrons. The van der Waals surface area contributed by atoms with Gasteiger partial charge in [0, 0.05) is 36.9 Å². The van der Waals surface area contributed by atoms with Crippen LogP contribution < -0.4 is 0 Å². The molecule has 228 valence electrons. The predicted octanol–water partition coefficient (Wildman–Crippen LogP) is 10.5. The van der Waals surface area contributed by atoms with E-state index >= 15 is 0 Å². The number of hydrogen-bond donors (Lipinski definition) is 0. The van der Waals surface area contributed by atoms with Crippen molar-refractivity contribution in [3.05, 3.63) is 47.6 Å². The molecule has 40 heavy (non-hydrogen) atoms. The lowest BCUT2D eigenvalue weighted by atomic mass is 9.37. The summed E-state index contributed by atoms with van der Waals surface area (Å²) in [5.74, 6) is 2.05. The smallest absolute Gasteiger partial charge is 0.0695 e. The highest BCUT2D eigenvalue weighted by molar-refractivity contribution is 5.34. The Labute approximate surface area is 249 Å². The van der Waals surface area contributed by atoms with Crippen LogP contribution in [0.5, 0.6) is 0 Å². The van der Waals surface area contributed by atoms with Gasteiger partial charge in [0.1, 0.15) is 0 Å². The average Bonchev–Trinajstić information content (AvgIpc) is 2.82. The first kappa shape index (κ1) is 33.4. The Bertz CT molecular complexity index is 995. The Morgan fingerprint density at radius 1 is 0.650 bits per heavy atom. The molecule has 2 saturated carbocycles. The first-order chi connectivity index (χ1) is 18.1. The molecule has 2 fully saturated rings. The van der Waals surface area contributed by atoms with Crippen LogP contribution in [0, 0.1) is 56.2 Å². The van der Waals surface area contributed by atoms with Gasteiger partial charge in [-0.05, 0) is 74.0 Å². The summed E-state index contributed by atoms with van der Waals surface area (Å²) in [5, 5.41) is 0. The maximum atomic E-state index is 6.02. The van der Waals surface area contributed by atoms with Crippen molar-refractivity contribution in [2.45, 2.75) is 122 Å². The van der Waals surface area contributed by atoms with E-state index in [0.29, 0.717) is 23.7 Å². The van der Waals surface area contributed by atoms with E-state index in [1.54, 1.807) is 0 Å². The second kappa shape index (κ2) is 10.3. The van der Waals surface area contributed by atoms with Crippen LogP contribution in [0.3, 0.4) is 0 Å². The molecule has 4 bridgehead atoms. The van der Waals surface area contributed by atoms with Gasteiger partial charge in [-0.25, -0.2) is 0 Å². The summed E-state index contributed by atoms with van der Waals surface area (Å²) < 4.78 is 12.0. The van der Waals surface area contributed by atoms with Crippen molar-refractivity contribution >= 4 is 0 Å². The van der Waals surface area contributed by atoms with Gasteiger partial charge in [-0.2, -0.15) is 0 Å². The quantitative estimate of drug-likeness (QED) is 0.323. The number of fused-ring (bicyclic) bond motifs is 4. The van der Waals surface area contributed by atoms with Crippen molar-refractivity contribution in [1.29, 1.82) is 0 Å². The minimum absolute atomic E-state index is 0.156. The van der Waals surface area contributed by atoms with Gasteiger partial charge in [0.05, 0.1) is 12.2 Å². The van der Waals surface area contributed by atoms with Crippen molar-refractivity contribution in [3.63, 3.8) is 0 Å². The summed E-state index contributed by atoms with van der Waals surface area (Å²) in [5.41, 5.74) is 6.72. The van der Waals surface area contributed by atoms with Crippen LogP contribution >= 0.6 is 0 Å². The molecule has 4 rings (SSSR count). The van der Waals surface area contributed by atoms with E-state index < -0.39 is 0 Å². The fourth-order valence-electron chi connectivity index (χ4n) is 11.5. The van der Waals surface area contributed by atoms with E-state index in [4.69, 9.17) is 9.47 Å². The molecular weight excluding hydrogens is 488 g/mol. The minimum atomic E-state index is 0.156. The summed E-state index contributed by atoms with van der Waals surface area (Å²) in [4.78, 5) is 0. The van der Waals surface area contributed by atoms with Crippen molar-refractivity contribution in [2.75, 3.05) is 14.2 Å². The lowest BCUT2D eigenvalue weighted by molar-refractivity contribution is -0.194. The fourth-order valence-corrected chi connectivity index (χ4v) is 11.5. The van der Waals surface area contributed by atoms with Gasteiger partial charge < -0.3 is 9.47 Å². The zero-order valence-corrected chi connectivity index (χ0v) is 29.3. The highest BCUT2D eigenvalue weighted by atomic mass is 16.5. The van der Waals surface area contributed by atoms with E-state index in [1.807, 2.05) is 14.2 Å². The lowest BCUT2D eigenvalue weighted by Gasteiger charge is -2.68. The first-order valence-electron chi connectivity index (χ1n) is 15.8. The Morgan fingerprint density at radius 3 is 1.15 bits per heavy atom. The molecule has 0 spiro atoms. The van der Waals surface area contributed by atoms with Gasteiger partial charge in [0.2, 0.25) is 0 Å². The summed E-state index contributed by atoms with van der Waals surface area (Å²) in [6.45, 7) is 41.9. The number of hydrogen-bond acceptors (Lipinski definition) is 2. The molecule has 2 heteroatoms. The van der Waals surface area contributed by atoms with Gasteiger partial charge in [-0.3, -0.25) is 0 Å². The second-order valence-corrected chi connectivity index (χ2v) is 16.6. The zero-order chi connectivity index (χ0) is 31.0. The SMILES string of the molecule is C=C(C)C12CC=C(C)[C@H](C(OC)C(C)(C)C1C)C2(C)C.C=C(C)C12CC=C(C)[C@H](C(OC)C(C)(C)C1C)C2(C)C. The third-order valence-corrected chi connectivity index (χ3v) is 14.1. The molecule has 2 nitrogen and oxygen atoms in total.